The number of carbonyl (C=O) groups excluding carboxylic acids is 1. The maximum absolute atomic E-state index is 12.0. The molecule has 4 heteroatoms. The van der Waals surface area contributed by atoms with Crippen LogP contribution in [0.1, 0.15) is 39.7 Å². The molecule has 128 valence electrons. The second-order valence-corrected chi connectivity index (χ2v) is 6.84. The molecule has 2 aromatic carbocycles. The molecule has 4 nitrogen and oxygen atoms in total. The molecule has 0 radical (unpaired) electrons. The highest BCUT2D eigenvalue weighted by Gasteiger charge is 2.18. The van der Waals surface area contributed by atoms with Gasteiger partial charge in [-0.25, -0.2) is 4.79 Å². The van der Waals surface area contributed by atoms with Crippen LogP contribution < -0.4 is 11.1 Å². The summed E-state index contributed by atoms with van der Waals surface area (Å²) in [6.45, 7) is 7.62. The molecule has 0 aromatic heterocycles. The summed E-state index contributed by atoms with van der Waals surface area (Å²) in [4.78, 5) is 12.0. The van der Waals surface area contributed by atoms with E-state index in [9.17, 15) is 4.79 Å². The number of nitrogen functional groups attached to an aromatic ring is 1. The van der Waals surface area contributed by atoms with Gasteiger partial charge in [-0.05, 0) is 56.0 Å². The zero-order valence-corrected chi connectivity index (χ0v) is 14.8. The van der Waals surface area contributed by atoms with Gasteiger partial charge in [0.15, 0.2) is 0 Å². The van der Waals surface area contributed by atoms with Crippen LogP contribution in [-0.2, 0) is 11.2 Å². The first kappa shape index (κ1) is 17.9. The van der Waals surface area contributed by atoms with Crippen LogP contribution in [0.5, 0.6) is 0 Å². The van der Waals surface area contributed by atoms with Crippen molar-refractivity contribution in [2.45, 2.75) is 46.1 Å². The van der Waals surface area contributed by atoms with Gasteiger partial charge < -0.3 is 10.5 Å². The zero-order valence-electron chi connectivity index (χ0n) is 14.8. The summed E-state index contributed by atoms with van der Waals surface area (Å²) in [7, 11) is 0. The fourth-order valence-corrected chi connectivity index (χ4v) is 2.55. The molecular formula is C20H26N2O2. The van der Waals surface area contributed by atoms with E-state index in [-0.39, 0.29) is 0 Å². The van der Waals surface area contributed by atoms with Crippen LogP contribution in [0.3, 0.4) is 0 Å². The summed E-state index contributed by atoms with van der Waals surface area (Å²) in [5.74, 6) is 0. The molecule has 0 saturated heterocycles. The van der Waals surface area contributed by atoms with Crippen molar-refractivity contribution >= 4 is 17.5 Å². The van der Waals surface area contributed by atoms with Gasteiger partial charge in [-0.1, -0.05) is 43.7 Å². The van der Waals surface area contributed by atoms with Crippen LogP contribution in [0.25, 0.3) is 11.1 Å². The van der Waals surface area contributed by atoms with Gasteiger partial charge in [-0.15, -0.1) is 0 Å². The third-order valence-electron chi connectivity index (χ3n) is 3.52. The highest BCUT2D eigenvalue weighted by Crippen LogP contribution is 2.32. The van der Waals surface area contributed by atoms with Crippen molar-refractivity contribution in [2.24, 2.45) is 0 Å². The van der Waals surface area contributed by atoms with E-state index in [2.05, 4.69) is 24.4 Å². The molecule has 1 amide bonds. The highest BCUT2D eigenvalue weighted by molar-refractivity contribution is 5.91. The predicted octanol–water partition coefficient (Wildman–Crippen LogP) is 5.24. The summed E-state index contributed by atoms with van der Waals surface area (Å²) in [5, 5.41) is 2.76. The van der Waals surface area contributed by atoms with Crippen molar-refractivity contribution in [1.29, 1.82) is 0 Å². The molecule has 24 heavy (non-hydrogen) atoms. The number of carbonyl (C=O) groups is 1. The van der Waals surface area contributed by atoms with Gasteiger partial charge in [0, 0.05) is 0 Å². The van der Waals surface area contributed by atoms with Gasteiger partial charge in [0.1, 0.15) is 5.60 Å². The van der Waals surface area contributed by atoms with E-state index >= 15 is 0 Å². The fraction of sp³-hybridized carbons (Fsp3) is 0.350. The molecule has 0 aliphatic heterocycles. The second-order valence-electron chi connectivity index (χ2n) is 6.84. The Hall–Kier alpha value is -2.49. The lowest BCUT2D eigenvalue weighted by Gasteiger charge is -2.21. The molecule has 3 N–H and O–H groups in total. The fourth-order valence-electron chi connectivity index (χ4n) is 2.55. The van der Waals surface area contributed by atoms with E-state index in [4.69, 9.17) is 10.5 Å². The normalized spacial score (nSPS) is 11.2. The van der Waals surface area contributed by atoms with Crippen molar-refractivity contribution in [2.75, 3.05) is 11.1 Å². The topological polar surface area (TPSA) is 64.3 Å². The Kier molecular flexibility index (Phi) is 5.50. The van der Waals surface area contributed by atoms with Crippen molar-refractivity contribution in [3.05, 3.63) is 48.0 Å². The van der Waals surface area contributed by atoms with E-state index in [1.807, 2.05) is 51.1 Å². The molecule has 0 bridgehead atoms. The molecule has 0 atom stereocenters. The van der Waals surface area contributed by atoms with Gasteiger partial charge in [-0.2, -0.15) is 0 Å². The predicted molar refractivity (Wildman–Crippen MR) is 100 cm³/mol. The molecule has 2 aromatic rings. The number of amides is 1. The Labute approximate surface area is 144 Å². The average molecular weight is 326 g/mol. The Balaban J connectivity index is 2.35. The number of nitrogens with two attached hydrogens (primary N) is 1. The lowest BCUT2D eigenvalue weighted by molar-refractivity contribution is 0.0636. The molecule has 0 aliphatic rings. The first-order valence-electron chi connectivity index (χ1n) is 8.28. The molecule has 0 heterocycles. The van der Waals surface area contributed by atoms with E-state index in [0.717, 1.165) is 29.5 Å². The summed E-state index contributed by atoms with van der Waals surface area (Å²) in [6.07, 6.45) is 1.42. The smallest absolute Gasteiger partial charge is 0.412 e. The number of benzene rings is 2. The zero-order chi connectivity index (χ0) is 17.7. The lowest BCUT2D eigenvalue weighted by Crippen LogP contribution is -2.27. The maximum atomic E-state index is 12.0. The number of aryl methyl sites for hydroxylation is 1. The van der Waals surface area contributed by atoms with Gasteiger partial charge in [0.2, 0.25) is 0 Å². The Morgan fingerprint density at radius 3 is 2.42 bits per heavy atom. The average Bonchev–Trinajstić information content (AvgIpc) is 2.49. The minimum Gasteiger partial charge on any atom is -0.444 e. The van der Waals surface area contributed by atoms with Gasteiger partial charge in [-0.3, -0.25) is 5.32 Å². The minimum absolute atomic E-state index is 0.496. The van der Waals surface area contributed by atoms with Crippen molar-refractivity contribution in [3.8, 4) is 11.1 Å². The SMILES string of the molecule is CCCc1cc(NC(=O)OC(C)(C)C)c(N)cc1-c1ccccc1. The summed E-state index contributed by atoms with van der Waals surface area (Å²) < 4.78 is 5.31. The van der Waals surface area contributed by atoms with E-state index in [0.29, 0.717) is 11.4 Å². The van der Waals surface area contributed by atoms with Gasteiger partial charge in [0.25, 0.3) is 0 Å². The third kappa shape index (κ3) is 4.75. The Morgan fingerprint density at radius 1 is 1.17 bits per heavy atom. The number of hydrogen-bond acceptors (Lipinski definition) is 3. The third-order valence-corrected chi connectivity index (χ3v) is 3.52. The Morgan fingerprint density at radius 2 is 1.83 bits per heavy atom. The number of anilines is 2. The molecule has 0 saturated carbocycles. The van der Waals surface area contributed by atoms with Gasteiger partial charge >= 0.3 is 6.09 Å². The monoisotopic (exact) mass is 326 g/mol. The quantitative estimate of drug-likeness (QED) is 0.756. The minimum atomic E-state index is -0.547. The lowest BCUT2D eigenvalue weighted by atomic mass is 9.95. The molecule has 2 rings (SSSR count). The first-order chi connectivity index (χ1) is 11.3. The van der Waals surface area contributed by atoms with Crippen molar-refractivity contribution in [3.63, 3.8) is 0 Å². The van der Waals surface area contributed by atoms with Gasteiger partial charge in [0.05, 0.1) is 11.4 Å². The number of nitrogens with one attached hydrogen (secondary N) is 1. The second kappa shape index (κ2) is 7.39. The largest absolute Gasteiger partial charge is 0.444 e. The van der Waals surface area contributed by atoms with Crippen LogP contribution in [-0.4, -0.2) is 11.7 Å². The van der Waals surface area contributed by atoms with Crippen LogP contribution in [0, 0.1) is 0 Å². The number of hydrogen-bond donors (Lipinski definition) is 2. The van der Waals surface area contributed by atoms with Crippen LogP contribution in [0.2, 0.25) is 0 Å². The summed E-state index contributed by atoms with van der Waals surface area (Å²) >= 11 is 0. The molecule has 0 aliphatic carbocycles. The molecule has 0 fully saturated rings. The number of ether oxygens (including phenoxy) is 1. The van der Waals surface area contributed by atoms with Crippen molar-refractivity contribution in [1.82, 2.24) is 0 Å². The van der Waals surface area contributed by atoms with E-state index < -0.39 is 11.7 Å². The summed E-state index contributed by atoms with van der Waals surface area (Å²) in [5.41, 5.74) is 10.1. The molecular weight excluding hydrogens is 300 g/mol. The van der Waals surface area contributed by atoms with Crippen LogP contribution in [0.15, 0.2) is 42.5 Å². The van der Waals surface area contributed by atoms with E-state index in [1.165, 1.54) is 0 Å². The summed E-state index contributed by atoms with van der Waals surface area (Å²) in [6, 6.07) is 14.0. The first-order valence-corrected chi connectivity index (χ1v) is 8.28. The molecule has 0 unspecified atom stereocenters. The van der Waals surface area contributed by atoms with Crippen molar-refractivity contribution < 1.29 is 9.53 Å². The van der Waals surface area contributed by atoms with Crippen LogP contribution >= 0.6 is 0 Å². The highest BCUT2D eigenvalue weighted by atomic mass is 16.6. The number of rotatable bonds is 4. The maximum Gasteiger partial charge on any atom is 0.412 e. The Bertz CT molecular complexity index is 704. The standard InChI is InChI=1S/C20H26N2O2/c1-5-9-15-12-18(22-19(23)24-20(2,3)4)17(21)13-16(15)14-10-7-6-8-11-14/h6-8,10-13H,5,9,21H2,1-4H3,(H,22,23). The van der Waals surface area contributed by atoms with Crippen LogP contribution in [0.4, 0.5) is 16.2 Å². The molecule has 0 spiro atoms. The van der Waals surface area contributed by atoms with E-state index in [1.54, 1.807) is 0 Å².